The Morgan fingerprint density at radius 3 is 3.00 bits per heavy atom. The van der Waals surface area contributed by atoms with Crippen molar-refractivity contribution >= 4 is 0 Å². The lowest BCUT2D eigenvalue weighted by Crippen LogP contribution is -2.27. The predicted octanol–water partition coefficient (Wildman–Crippen LogP) is 4.38. The standard InChI is InChI=1S/C18H21N3O2/c1-2-5-16(18-6-4-12-22-18)21(11-3-1)13-14-7-8-17(23-14)15-9-10-19-20-15/h4,6-10,12,16H,1-3,5,11,13H2,(H,19,20)/t16-/m1/s1. The Morgan fingerprint density at radius 1 is 1.17 bits per heavy atom. The third-order valence-electron chi connectivity index (χ3n) is 4.52. The minimum Gasteiger partial charge on any atom is -0.468 e. The highest BCUT2D eigenvalue weighted by Gasteiger charge is 2.25. The van der Waals surface area contributed by atoms with E-state index in [1.165, 1.54) is 19.3 Å². The molecule has 0 aliphatic carbocycles. The minimum absolute atomic E-state index is 0.341. The summed E-state index contributed by atoms with van der Waals surface area (Å²) in [6.07, 6.45) is 8.40. The second-order valence-corrected chi connectivity index (χ2v) is 6.09. The normalized spacial score (nSPS) is 19.7. The lowest BCUT2D eigenvalue weighted by Gasteiger charge is -2.27. The number of hydrogen-bond acceptors (Lipinski definition) is 4. The fourth-order valence-electron chi connectivity index (χ4n) is 3.36. The van der Waals surface area contributed by atoms with E-state index >= 15 is 0 Å². The average Bonchev–Trinajstić information content (AvgIpc) is 3.29. The van der Waals surface area contributed by atoms with E-state index < -0.39 is 0 Å². The molecule has 0 aromatic carbocycles. The zero-order valence-electron chi connectivity index (χ0n) is 13.1. The Morgan fingerprint density at radius 2 is 2.17 bits per heavy atom. The zero-order valence-corrected chi connectivity index (χ0v) is 13.1. The third-order valence-corrected chi connectivity index (χ3v) is 4.52. The van der Waals surface area contributed by atoms with Crippen molar-refractivity contribution in [3.63, 3.8) is 0 Å². The van der Waals surface area contributed by atoms with Crippen LogP contribution in [-0.2, 0) is 6.54 Å². The van der Waals surface area contributed by atoms with E-state index in [4.69, 9.17) is 8.83 Å². The highest BCUT2D eigenvalue weighted by molar-refractivity contribution is 5.51. The van der Waals surface area contributed by atoms with Crippen LogP contribution in [0.2, 0.25) is 0 Å². The Balaban J connectivity index is 1.53. The molecule has 1 aliphatic rings. The summed E-state index contributed by atoms with van der Waals surface area (Å²) in [6, 6.07) is 10.4. The number of hydrogen-bond donors (Lipinski definition) is 1. The second kappa shape index (κ2) is 6.46. The molecule has 0 bridgehead atoms. The van der Waals surface area contributed by atoms with Gasteiger partial charge in [-0.3, -0.25) is 10.00 Å². The first-order valence-corrected chi connectivity index (χ1v) is 8.26. The van der Waals surface area contributed by atoms with Gasteiger partial charge in [-0.25, -0.2) is 0 Å². The fourth-order valence-corrected chi connectivity index (χ4v) is 3.36. The largest absolute Gasteiger partial charge is 0.468 e. The van der Waals surface area contributed by atoms with Crippen LogP contribution >= 0.6 is 0 Å². The summed E-state index contributed by atoms with van der Waals surface area (Å²) < 4.78 is 11.7. The maximum Gasteiger partial charge on any atom is 0.152 e. The summed E-state index contributed by atoms with van der Waals surface area (Å²) in [5.74, 6) is 2.88. The first-order valence-electron chi connectivity index (χ1n) is 8.26. The molecule has 0 radical (unpaired) electrons. The maximum atomic E-state index is 5.99. The van der Waals surface area contributed by atoms with E-state index in [0.29, 0.717) is 6.04 Å². The van der Waals surface area contributed by atoms with Crippen LogP contribution in [0.5, 0.6) is 0 Å². The summed E-state index contributed by atoms with van der Waals surface area (Å²) in [5, 5.41) is 6.91. The third kappa shape index (κ3) is 3.10. The zero-order chi connectivity index (χ0) is 15.5. The topological polar surface area (TPSA) is 58.2 Å². The molecular formula is C18H21N3O2. The summed E-state index contributed by atoms with van der Waals surface area (Å²) >= 11 is 0. The van der Waals surface area contributed by atoms with Crippen LogP contribution in [0.15, 0.2) is 51.6 Å². The van der Waals surface area contributed by atoms with Crippen molar-refractivity contribution in [1.29, 1.82) is 0 Å². The van der Waals surface area contributed by atoms with Gasteiger partial charge >= 0.3 is 0 Å². The van der Waals surface area contributed by atoms with E-state index in [-0.39, 0.29) is 0 Å². The molecule has 0 amide bonds. The molecule has 3 aromatic heterocycles. The summed E-state index contributed by atoms with van der Waals surface area (Å²) in [6.45, 7) is 1.88. The highest BCUT2D eigenvalue weighted by atomic mass is 16.3. The number of nitrogens with zero attached hydrogens (tertiary/aromatic N) is 2. The SMILES string of the molecule is c1coc([C@H]2CCCCCN2Cc2ccc(-c3ccn[nH]3)o2)c1. The molecule has 1 fully saturated rings. The highest BCUT2D eigenvalue weighted by Crippen LogP contribution is 2.32. The van der Waals surface area contributed by atoms with Crippen LogP contribution in [0.3, 0.4) is 0 Å². The molecule has 1 N–H and O–H groups in total. The molecule has 1 aliphatic heterocycles. The van der Waals surface area contributed by atoms with Gasteiger partial charge in [0.1, 0.15) is 17.2 Å². The van der Waals surface area contributed by atoms with Crippen molar-refractivity contribution < 1.29 is 8.83 Å². The van der Waals surface area contributed by atoms with Gasteiger partial charge in [-0.05, 0) is 49.7 Å². The van der Waals surface area contributed by atoms with E-state index in [2.05, 4.69) is 27.2 Å². The average molecular weight is 311 g/mol. The molecular weight excluding hydrogens is 290 g/mol. The van der Waals surface area contributed by atoms with Crippen molar-refractivity contribution in [1.82, 2.24) is 15.1 Å². The molecule has 1 saturated heterocycles. The second-order valence-electron chi connectivity index (χ2n) is 6.09. The van der Waals surface area contributed by atoms with Gasteiger partial charge in [-0.15, -0.1) is 0 Å². The Hall–Kier alpha value is -2.27. The quantitative estimate of drug-likeness (QED) is 0.777. The van der Waals surface area contributed by atoms with E-state index in [1.54, 1.807) is 12.5 Å². The van der Waals surface area contributed by atoms with Crippen LogP contribution in [-0.4, -0.2) is 21.6 Å². The van der Waals surface area contributed by atoms with Gasteiger partial charge < -0.3 is 8.83 Å². The van der Waals surface area contributed by atoms with E-state index in [9.17, 15) is 0 Å². The monoisotopic (exact) mass is 311 g/mol. The van der Waals surface area contributed by atoms with Crippen LogP contribution in [0.1, 0.15) is 43.2 Å². The van der Waals surface area contributed by atoms with Gasteiger partial charge in [-0.2, -0.15) is 5.10 Å². The first-order chi connectivity index (χ1) is 11.4. The molecule has 3 aromatic rings. The van der Waals surface area contributed by atoms with Gasteiger partial charge in [0, 0.05) is 6.20 Å². The molecule has 0 spiro atoms. The van der Waals surface area contributed by atoms with Crippen LogP contribution < -0.4 is 0 Å². The number of aromatic amines is 1. The van der Waals surface area contributed by atoms with Crippen LogP contribution in [0, 0.1) is 0 Å². The smallest absolute Gasteiger partial charge is 0.152 e. The lowest BCUT2D eigenvalue weighted by molar-refractivity contribution is 0.158. The van der Waals surface area contributed by atoms with Crippen molar-refractivity contribution in [3.05, 3.63) is 54.3 Å². The van der Waals surface area contributed by atoms with Crippen molar-refractivity contribution in [2.24, 2.45) is 0 Å². The molecule has 1 atom stereocenters. The number of nitrogens with one attached hydrogen (secondary N) is 1. The molecule has 23 heavy (non-hydrogen) atoms. The van der Waals surface area contributed by atoms with Gasteiger partial charge in [0.2, 0.25) is 0 Å². The Kier molecular flexibility index (Phi) is 4.03. The fraction of sp³-hybridized carbons (Fsp3) is 0.389. The first kappa shape index (κ1) is 14.3. The van der Waals surface area contributed by atoms with Gasteiger partial charge in [0.15, 0.2) is 5.76 Å². The van der Waals surface area contributed by atoms with Crippen molar-refractivity contribution in [2.75, 3.05) is 6.54 Å². The van der Waals surface area contributed by atoms with Crippen molar-refractivity contribution in [3.8, 4) is 11.5 Å². The van der Waals surface area contributed by atoms with Gasteiger partial charge in [-0.1, -0.05) is 12.8 Å². The summed E-state index contributed by atoms with van der Waals surface area (Å²) in [4.78, 5) is 2.47. The Bertz CT molecular complexity index is 715. The van der Waals surface area contributed by atoms with Gasteiger partial charge in [0.25, 0.3) is 0 Å². The Labute approximate surface area is 135 Å². The minimum atomic E-state index is 0.341. The lowest BCUT2D eigenvalue weighted by atomic mass is 10.1. The maximum absolute atomic E-state index is 5.99. The summed E-state index contributed by atoms with van der Waals surface area (Å²) in [7, 11) is 0. The van der Waals surface area contributed by atoms with Crippen LogP contribution in [0.25, 0.3) is 11.5 Å². The summed E-state index contributed by atoms with van der Waals surface area (Å²) in [5.41, 5.74) is 0.912. The van der Waals surface area contributed by atoms with Crippen LogP contribution in [0.4, 0.5) is 0 Å². The predicted molar refractivity (Wildman–Crippen MR) is 86.6 cm³/mol. The molecule has 0 saturated carbocycles. The number of furan rings is 2. The number of likely N-dealkylation sites (tertiary alicyclic amines) is 1. The molecule has 4 rings (SSSR count). The molecule has 4 heterocycles. The number of aromatic nitrogens is 2. The van der Waals surface area contributed by atoms with Crippen molar-refractivity contribution in [2.45, 2.75) is 38.3 Å². The molecule has 0 unspecified atom stereocenters. The van der Waals surface area contributed by atoms with Gasteiger partial charge in [0.05, 0.1) is 18.8 Å². The molecule has 5 nitrogen and oxygen atoms in total. The van der Waals surface area contributed by atoms with E-state index in [1.807, 2.05) is 18.2 Å². The number of rotatable bonds is 4. The van der Waals surface area contributed by atoms with E-state index in [0.717, 1.165) is 42.5 Å². The molecule has 5 heteroatoms. The molecule has 120 valence electrons. The number of H-pyrrole nitrogens is 1.